The number of hydrogen-bond acceptors (Lipinski definition) is 2. The van der Waals surface area contributed by atoms with Crippen LogP contribution in [-0.2, 0) is 0 Å². The minimum atomic E-state index is -4.26. The van der Waals surface area contributed by atoms with Gasteiger partial charge in [0.05, 0.1) is 13.1 Å². The van der Waals surface area contributed by atoms with E-state index < -0.39 is 24.8 Å². The van der Waals surface area contributed by atoms with Crippen LogP contribution in [0.4, 0.5) is 17.6 Å². The normalized spacial score (nSPS) is 11.0. The number of carbonyl (C=O) groups excluding carboxylic acids is 1. The molecule has 0 aliphatic rings. The number of alkyl halides is 4. The van der Waals surface area contributed by atoms with Gasteiger partial charge in [-0.15, -0.1) is 0 Å². The van der Waals surface area contributed by atoms with Crippen molar-refractivity contribution in [2.45, 2.75) is 19.3 Å². The van der Waals surface area contributed by atoms with Crippen LogP contribution in [0.5, 0.6) is 0 Å². The molecule has 0 spiro atoms. The lowest BCUT2D eigenvalue weighted by Crippen LogP contribution is -2.41. The van der Waals surface area contributed by atoms with Gasteiger partial charge < -0.3 is 11.1 Å². The molecule has 21 heavy (non-hydrogen) atoms. The molecule has 7 heteroatoms. The molecule has 3 nitrogen and oxygen atoms in total. The Morgan fingerprint density at radius 2 is 2.10 bits per heavy atom. The summed E-state index contributed by atoms with van der Waals surface area (Å²) in [7, 11) is 0. The van der Waals surface area contributed by atoms with Crippen LogP contribution in [0, 0.1) is 18.8 Å². The molecule has 0 unspecified atom stereocenters. The molecule has 0 aliphatic heterocycles. The lowest BCUT2D eigenvalue weighted by Gasteiger charge is -2.15. The minimum absolute atomic E-state index is 0.0620. The van der Waals surface area contributed by atoms with E-state index in [1.54, 1.807) is 18.3 Å². The summed E-state index contributed by atoms with van der Waals surface area (Å²) in [5.74, 6) is 0.214. The summed E-state index contributed by atoms with van der Waals surface area (Å²) in [5.41, 5.74) is 6.61. The van der Waals surface area contributed by atoms with Crippen LogP contribution < -0.4 is 11.1 Å². The fraction of sp³-hybridized carbons (Fsp3) is 0.357. The molecule has 0 atom stereocenters. The van der Waals surface area contributed by atoms with Crippen LogP contribution in [-0.4, -0.2) is 31.3 Å². The van der Waals surface area contributed by atoms with Gasteiger partial charge in [0.1, 0.15) is 0 Å². The minimum Gasteiger partial charge on any atom is -0.346 e. The largest absolute Gasteiger partial charge is 0.346 e. The third-order valence-electron chi connectivity index (χ3n) is 2.63. The SMILES string of the molecule is Cc1ccc(C(=O)NCC(F)(F)C(F)F)cc1C#CCN. The molecule has 0 aliphatic carbocycles. The molecule has 114 valence electrons. The van der Waals surface area contributed by atoms with Gasteiger partial charge >= 0.3 is 12.3 Å². The Morgan fingerprint density at radius 3 is 2.67 bits per heavy atom. The van der Waals surface area contributed by atoms with Gasteiger partial charge in [0.25, 0.3) is 5.91 Å². The monoisotopic (exact) mass is 302 g/mol. The van der Waals surface area contributed by atoms with E-state index in [1.807, 2.05) is 0 Å². The zero-order valence-corrected chi connectivity index (χ0v) is 11.2. The Hall–Kier alpha value is -2.07. The predicted octanol–water partition coefficient (Wildman–Crippen LogP) is 1.94. The molecule has 0 radical (unpaired) electrons. The van der Waals surface area contributed by atoms with Crippen molar-refractivity contribution in [3.8, 4) is 11.8 Å². The van der Waals surface area contributed by atoms with Crippen molar-refractivity contribution in [3.05, 3.63) is 34.9 Å². The third kappa shape index (κ3) is 4.76. The van der Waals surface area contributed by atoms with Crippen LogP contribution in [0.2, 0.25) is 0 Å². The van der Waals surface area contributed by atoms with Crippen LogP contribution in [0.1, 0.15) is 21.5 Å². The van der Waals surface area contributed by atoms with Crippen molar-refractivity contribution in [1.82, 2.24) is 5.32 Å². The lowest BCUT2D eigenvalue weighted by molar-refractivity contribution is -0.123. The lowest BCUT2D eigenvalue weighted by atomic mass is 10.0. The first-order valence-electron chi connectivity index (χ1n) is 6.01. The average molecular weight is 302 g/mol. The zero-order valence-electron chi connectivity index (χ0n) is 11.2. The predicted molar refractivity (Wildman–Crippen MR) is 70.4 cm³/mol. The summed E-state index contributed by atoms with van der Waals surface area (Å²) in [6.07, 6.45) is -3.83. The van der Waals surface area contributed by atoms with Gasteiger partial charge in [0, 0.05) is 11.1 Å². The van der Waals surface area contributed by atoms with Gasteiger partial charge in [-0.3, -0.25) is 4.79 Å². The van der Waals surface area contributed by atoms with Crippen LogP contribution in [0.15, 0.2) is 18.2 Å². The topological polar surface area (TPSA) is 55.1 Å². The number of benzene rings is 1. The fourth-order valence-electron chi connectivity index (χ4n) is 1.42. The Morgan fingerprint density at radius 1 is 1.43 bits per heavy atom. The van der Waals surface area contributed by atoms with Gasteiger partial charge in [-0.1, -0.05) is 17.9 Å². The van der Waals surface area contributed by atoms with Gasteiger partial charge in [-0.05, 0) is 24.6 Å². The molecule has 3 N–H and O–H groups in total. The highest BCUT2D eigenvalue weighted by molar-refractivity contribution is 5.94. The van der Waals surface area contributed by atoms with Gasteiger partial charge in [0.2, 0.25) is 0 Å². The first-order chi connectivity index (χ1) is 9.77. The van der Waals surface area contributed by atoms with E-state index in [1.165, 1.54) is 12.1 Å². The molecule has 1 rings (SSSR count). The third-order valence-corrected chi connectivity index (χ3v) is 2.63. The number of halogens is 4. The fourth-order valence-corrected chi connectivity index (χ4v) is 1.42. The Kier molecular flexibility index (Phi) is 5.73. The molecule has 0 saturated heterocycles. The molecule has 0 bridgehead atoms. The number of rotatable bonds is 4. The quantitative estimate of drug-likeness (QED) is 0.659. The van der Waals surface area contributed by atoms with Gasteiger partial charge in [0.15, 0.2) is 0 Å². The standard InChI is InChI=1S/C14H14F4N2O/c1-9-4-5-11(7-10(9)3-2-6-19)12(21)20-8-14(17,18)13(15)16/h4-5,7,13H,6,8,19H2,1H3,(H,20,21). The highest BCUT2D eigenvalue weighted by Crippen LogP contribution is 2.21. The van der Waals surface area contributed by atoms with Crippen molar-refractivity contribution in [3.63, 3.8) is 0 Å². The Bertz CT molecular complexity index is 576. The number of nitrogens with two attached hydrogens (primary N) is 1. The number of nitrogens with one attached hydrogen (secondary N) is 1. The molecule has 1 aromatic rings. The summed E-state index contributed by atoms with van der Waals surface area (Å²) in [6.45, 7) is 0.463. The van der Waals surface area contributed by atoms with E-state index >= 15 is 0 Å². The van der Waals surface area contributed by atoms with Gasteiger partial charge in [-0.2, -0.15) is 8.78 Å². The maximum absolute atomic E-state index is 12.7. The number of aryl methyl sites for hydroxylation is 1. The molecule has 1 amide bonds. The van der Waals surface area contributed by atoms with Crippen molar-refractivity contribution in [1.29, 1.82) is 0 Å². The summed E-state index contributed by atoms with van der Waals surface area (Å²) >= 11 is 0. The van der Waals surface area contributed by atoms with E-state index in [9.17, 15) is 22.4 Å². The molecule has 0 saturated carbocycles. The van der Waals surface area contributed by atoms with E-state index in [4.69, 9.17) is 5.73 Å². The second kappa shape index (κ2) is 7.09. The van der Waals surface area contributed by atoms with Gasteiger partial charge in [-0.25, -0.2) is 8.78 Å². The zero-order chi connectivity index (χ0) is 16.0. The highest BCUT2D eigenvalue weighted by Gasteiger charge is 2.40. The van der Waals surface area contributed by atoms with Crippen LogP contribution in [0.25, 0.3) is 0 Å². The second-order valence-corrected chi connectivity index (χ2v) is 4.28. The molecular weight excluding hydrogens is 288 g/mol. The first kappa shape index (κ1) is 17.0. The molecule has 0 heterocycles. The van der Waals surface area contributed by atoms with Crippen molar-refractivity contribution >= 4 is 5.91 Å². The smallest absolute Gasteiger partial charge is 0.324 e. The summed E-state index contributed by atoms with van der Waals surface area (Å²) in [4.78, 5) is 11.7. The van der Waals surface area contributed by atoms with E-state index in [2.05, 4.69) is 11.8 Å². The average Bonchev–Trinajstić information content (AvgIpc) is 2.43. The highest BCUT2D eigenvalue weighted by atomic mass is 19.3. The van der Waals surface area contributed by atoms with Crippen molar-refractivity contribution < 1.29 is 22.4 Å². The second-order valence-electron chi connectivity index (χ2n) is 4.28. The summed E-state index contributed by atoms with van der Waals surface area (Å²) in [6, 6.07) is 4.38. The molecule has 0 aromatic heterocycles. The first-order valence-corrected chi connectivity index (χ1v) is 6.01. The number of carbonyl (C=O) groups is 1. The summed E-state index contributed by atoms with van der Waals surface area (Å²) < 4.78 is 49.4. The molecule has 0 fully saturated rings. The van der Waals surface area contributed by atoms with Crippen LogP contribution >= 0.6 is 0 Å². The van der Waals surface area contributed by atoms with E-state index in [0.29, 0.717) is 5.56 Å². The molecule has 1 aromatic carbocycles. The van der Waals surface area contributed by atoms with Crippen LogP contribution in [0.3, 0.4) is 0 Å². The number of amides is 1. The Labute approximate surface area is 119 Å². The molecular formula is C14H14F4N2O. The summed E-state index contributed by atoms with van der Waals surface area (Å²) in [5, 5.41) is 1.78. The maximum atomic E-state index is 12.7. The van der Waals surface area contributed by atoms with Crippen molar-refractivity contribution in [2.75, 3.05) is 13.1 Å². The Balaban J connectivity index is 2.84. The van der Waals surface area contributed by atoms with Crippen molar-refractivity contribution in [2.24, 2.45) is 5.73 Å². The number of hydrogen-bond donors (Lipinski definition) is 2. The maximum Gasteiger partial charge on any atom is 0.324 e. The van der Waals surface area contributed by atoms with E-state index in [0.717, 1.165) is 5.56 Å². The van der Waals surface area contributed by atoms with E-state index in [-0.39, 0.29) is 12.1 Å².